The van der Waals surface area contributed by atoms with Gasteiger partial charge in [0, 0.05) is 13.2 Å². The summed E-state index contributed by atoms with van der Waals surface area (Å²) in [5.41, 5.74) is 1.02. The van der Waals surface area contributed by atoms with E-state index in [4.69, 9.17) is 14.2 Å². The highest BCUT2D eigenvalue weighted by molar-refractivity contribution is 5.79. The third-order valence-electron chi connectivity index (χ3n) is 3.62. The van der Waals surface area contributed by atoms with Crippen molar-refractivity contribution in [3.8, 4) is 11.5 Å². The molecule has 1 aromatic carbocycles. The van der Waals surface area contributed by atoms with E-state index in [1.165, 1.54) is 0 Å². The van der Waals surface area contributed by atoms with Crippen LogP contribution in [0.2, 0.25) is 0 Å². The molecule has 1 atom stereocenters. The molecular weight excluding hydrogens is 282 g/mol. The van der Waals surface area contributed by atoms with Gasteiger partial charge >= 0.3 is 0 Å². The molecule has 122 valence electrons. The second-order valence-corrected chi connectivity index (χ2v) is 5.75. The molecule has 22 heavy (non-hydrogen) atoms. The number of fused-ring (bicyclic) bond motifs is 1. The molecule has 1 amide bonds. The molecule has 0 spiro atoms. The lowest BCUT2D eigenvalue weighted by Gasteiger charge is -2.25. The van der Waals surface area contributed by atoms with Crippen molar-refractivity contribution in [2.45, 2.75) is 32.8 Å². The molecule has 0 saturated carbocycles. The summed E-state index contributed by atoms with van der Waals surface area (Å²) in [5.74, 6) is 1.52. The maximum absolute atomic E-state index is 12.2. The van der Waals surface area contributed by atoms with Gasteiger partial charge in [-0.25, -0.2) is 0 Å². The van der Waals surface area contributed by atoms with E-state index in [2.05, 4.69) is 5.32 Å². The Bertz CT molecular complexity index is 501. The van der Waals surface area contributed by atoms with Crippen molar-refractivity contribution in [2.75, 3.05) is 26.9 Å². The van der Waals surface area contributed by atoms with E-state index in [-0.39, 0.29) is 17.9 Å². The first-order chi connectivity index (χ1) is 10.6. The van der Waals surface area contributed by atoms with Crippen LogP contribution in [-0.2, 0) is 16.0 Å². The van der Waals surface area contributed by atoms with Gasteiger partial charge < -0.3 is 19.5 Å². The summed E-state index contributed by atoms with van der Waals surface area (Å²) in [7, 11) is 1.63. The van der Waals surface area contributed by atoms with Crippen molar-refractivity contribution in [1.82, 2.24) is 5.32 Å². The van der Waals surface area contributed by atoms with Crippen molar-refractivity contribution in [2.24, 2.45) is 5.92 Å². The van der Waals surface area contributed by atoms with Gasteiger partial charge in [-0.15, -0.1) is 0 Å². The van der Waals surface area contributed by atoms with Gasteiger partial charge in [0.25, 0.3) is 0 Å². The highest BCUT2D eigenvalue weighted by atomic mass is 16.5. The lowest BCUT2D eigenvalue weighted by molar-refractivity contribution is -0.126. The molecule has 1 aliphatic rings. The van der Waals surface area contributed by atoms with Crippen LogP contribution in [0, 0.1) is 5.92 Å². The number of hydrogen-bond acceptors (Lipinski definition) is 4. The summed E-state index contributed by atoms with van der Waals surface area (Å²) in [6.45, 7) is 5.73. The Balaban J connectivity index is 1.80. The fourth-order valence-electron chi connectivity index (χ4n) is 2.41. The molecule has 1 heterocycles. The van der Waals surface area contributed by atoms with E-state index in [9.17, 15) is 4.79 Å². The predicted octanol–water partition coefficient (Wildman–Crippen LogP) is 2.18. The number of rotatable bonds is 7. The molecule has 0 saturated heterocycles. The van der Waals surface area contributed by atoms with Gasteiger partial charge in [-0.1, -0.05) is 0 Å². The van der Waals surface area contributed by atoms with Crippen LogP contribution in [0.5, 0.6) is 11.5 Å². The van der Waals surface area contributed by atoms with Crippen molar-refractivity contribution in [3.05, 3.63) is 23.8 Å². The van der Waals surface area contributed by atoms with Gasteiger partial charge in [0.1, 0.15) is 18.1 Å². The third kappa shape index (κ3) is 4.63. The average molecular weight is 307 g/mol. The Morgan fingerprint density at radius 1 is 1.45 bits per heavy atom. The molecule has 5 nitrogen and oxygen atoms in total. The molecule has 0 bridgehead atoms. The molecule has 0 unspecified atom stereocenters. The highest BCUT2D eigenvalue weighted by Gasteiger charge is 2.26. The fraction of sp³-hybridized carbons (Fsp3) is 0.588. The highest BCUT2D eigenvalue weighted by Crippen LogP contribution is 2.30. The Kier molecular flexibility index (Phi) is 6.07. The van der Waals surface area contributed by atoms with Crippen LogP contribution in [0.1, 0.15) is 25.8 Å². The lowest BCUT2D eigenvalue weighted by atomic mass is 9.96. The molecule has 1 aromatic rings. The third-order valence-corrected chi connectivity index (χ3v) is 3.62. The van der Waals surface area contributed by atoms with E-state index in [1.807, 2.05) is 32.0 Å². The second-order valence-electron chi connectivity index (χ2n) is 5.75. The smallest absolute Gasteiger partial charge is 0.226 e. The monoisotopic (exact) mass is 307 g/mol. The molecule has 2 rings (SSSR count). The average Bonchev–Trinajstić information content (AvgIpc) is 2.52. The Hall–Kier alpha value is -1.75. The maximum atomic E-state index is 12.2. The zero-order chi connectivity index (χ0) is 15.9. The molecule has 5 heteroatoms. The van der Waals surface area contributed by atoms with Crippen LogP contribution in [0.3, 0.4) is 0 Å². The van der Waals surface area contributed by atoms with Crippen LogP contribution in [0.15, 0.2) is 18.2 Å². The number of benzene rings is 1. The zero-order valence-corrected chi connectivity index (χ0v) is 13.6. The second kappa shape index (κ2) is 8.03. The number of hydrogen-bond donors (Lipinski definition) is 1. The number of carbonyl (C=O) groups is 1. The summed E-state index contributed by atoms with van der Waals surface area (Å²) in [6.07, 6.45) is 1.73. The van der Waals surface area contributed by atoms with Gasteiger partial charge in [0.05, 0.1) is 19.1 Å². The van der Waals surface area contributed by atoms with Crippen molar-refractivity contribution < 1.29 is 19.0 Å². The Morgan fingerprint density at radius 2 is 2.27 bits per heavy atom. The summed E-state index contributed by atoms with van der Waals surface area (Å²) in [6, 6.07) is 5.70. The van der Waals surface area contributed by atoms with E-state index < -0.39 is 0 Å². The standard InChI is InChI=1S/C17H25NO4/c1-12(2)21-8-4-7-18-17(19)14-9-13-10-15(20-3)5-6-16(13)22-11-14/h5-6,10,12,14H,4,7-9,11H2,1-3H3,(H,18,19)/t14-/m1/s1. The number of nitrogens with one attached hydrogen (secondary N) is 1. The van der Waals surface area contributed by atoms with Gasteiger partial charge in [0.2, 0.25) is 5.91 Å². The van der Waals surface area contributed by atoms with Crippen molar-refractivity contribution >= 4 is 5.91 Å². The number of methoxy groups -OCH3 is 1. The minimum absolute atomic E-state index is 0.0398. The Labute approximate surface area is 131 Å². The SMILES string of the molecule is COc1ccc2c(c1)C[C@@H](C(=O)NCCCOC(C)C)CO2. The van der Waals surface area contributed by atoms with Crippen LogP contribution in [0.25, 0.3) is 0 Å². The number of amides is 1. The minimum Gasteiger partial charge on any atom is -0.497 e. The fourth-order valence-corrected chi connectivity index (χ4v) is 2.41. The minimum atomic E-state index is -0.148. The number of ether oxygens (including phenoxy) is 3. The van der Waals surface area contributed by atoms with Crippen LogP contribution < -0.4 is 14.8 Å². The molecular formula is C17H25NO4. The van der Waals surface area contributed by atoms with Gasteiger partial charge in [-0.2, -0.15) is 0 Å². The topological polar surface area (TPSA) is 56.8 Å². The molecule has 0 fully saturated rings. The summed E-state index contributed by atoms with van der Waals surface area (Å²) in [4.78, 5) is 12.2. The first-order valence-electron chi connectivity index (χ1n) is 7.79. The first kappa shape index (κ1) is 16.6. The zero-order valence-electron chi connectivity index (χ0n) is 13.6. The molecule has 1 aliphatic heterocycles. The molecule has 0 aliphatic carbocycles. The van der Waals surface area contributed by atoms with Gasteiger partial charge in [0.15, 0.2) is 0 Å². The van der Waals surface area contributed by atoms with Crippen LogP contribution >= 0.6 is 0 Å². The molecule has 0 radical (unpaired) electrons. The quantitative estimate of drug-likeness (QED) is 0.785. The van der Waals surface area contributed by atoms with Crippen molar-refractivity contribution in [3.63, 3.8) is 0 Å². The predicted molar refractivity (Wildman–Crippen MR) is 84.4 cm³/mol. The van der Waals surface area contributed by atoms with E-state index in [1.54, 1.807) is 7.11 Å². The first-order valence-corrected chi connectivity index (χ1v) is 7.79. The summed E-state index contributed by atoms with van der Waals surface area (Å²) < 4.78 is 16.3. The largest absolute Gasteiger partial charge is 0.497 e. The van der Waals surface area contributed by atoms with E-state index >= 15 is 0 Å². The van der Waals surface area contributed by atoms with Crippen molar-refractivity contribution in [1.29, 1.82) is 0 Å². The summed E-state index contributed by atoms with van der Waals surface area (Å²) >= 11 is 0. The van der Waals surface area contributed by atoms with Crippen LogP contribution in [-0.4, -0.2) is 38.9 Å². The van der Waals surface area contributed by atoms with Crippen LogP contribution in [0.4, 0.5) is 0 Å². The van der Waals surface area contributed by atoms with Gasteiger partial charge in [-0.05, 0) is 50.5 Å². The normalized spacial score (nSPS) is 16.8. The number of carbonyl (C=O) groups excluding carboxylic acids is 1. The summed E-state index contributed by atoms with van der Waals surface area (Å²) in [5, 5.41) is 2.96. The van der Waals surface area contributed by atoms with E-state index in [0.717, 1.165) is 23.5 Å². The lowest BCUT2D eigenvalue weighted by Crippen LogP contribution is -2.38. The Morgan fingerprint density at radius 3 is 3.00 bits per heavy atom. The maximum Gasteiger partial charge on any atom is 0.226 e. The molecule has 0 aromatic heterocycles. The van der Waals surface area contributed by atoms with Gasteiger partial charge in [-0.3, -0.25) is 4.79 Å². The molecule has 1 N–H and O–H groups in total. The van der Waals surface area contributed by atoms with E-state index in [0.29, 0.717) is 26.2 Å².